The molecule has 0 radical (unpaired) electrons. The highest BCUT2D eigenvalue weighted by Crippen LogP contribution is 2.30. The zero-order valence-electron chi connectivity index (χ0n) is 10.5. The molecule has 16 heavy (non-hydrogen) atoms. The van der Waals surface area contributed by atoms with Gasteiger partial charge in [-0.1, -0.05) is 0 Å². The Balaban J connectivity index is 2.24. The SMILES string of the molecule is CC(C)OCCN1CCC(C)(C(=O)O)CC1. The summed E-state index contributed by atoms with van der Waals surface area (Å²) in [5.41, 5.74) is -0.518. The van der Waals surface area contributed by atoms with Crippen molar-refractivity contribution in [1.29, 1.82) is 0 Å². The molecule has 0 saturated carbocycles. The van der Waals surface area contributed by atoms with Crippen molar-refractivity contribution >= 4 is 5.97 Å². The van der Waals surface area contributed by atoms with E-state index >= 15 is 0 Å². The summed E-state index contributed by atoms with van der Waals surface area (Å²) in [6, 6.07) is 0. The molecule has 4 nitrogen and oxygen atoms in total. The second kappa shape index (κ2) is 5.64. The molecule has 1 aliphatic rings. The quantitative estimate of drug-likeness (QED) is 0.778. The summed E-state index contributed by atoms with van der Waals surface area (Å²) in [5, 5.41) is 9.09. The molecule has 0 unspecified atom stereocenters. The normalized spacial score (nSPS) is 21.2. The first-order valence-corrected chi connectivity index (χ1v) is 6.01. The van der Waals surface area contributed by atoms with Gasteiger partial charge in [-0.3, -0.25) is 4.79 Å². The molecule has 1 N–H and O–H groups in total. The highest BCUT2D eigenvalue weighted by Gasteiger charge is 2.36. The summed E-state index contributed by atoms with van der Waals surface area (Å²) < 4.78 is 5.49. The fraction of sp³-hybridized carbons (Fsp3) is 0.917. The number of nitrogens with zero attached hydrogens (tertiary/aromatic N) is 1. The van der Waals surface area contributed by atoms with Gasteiger partial charge >= 0.3 is 5.97 Å². The average molecular weight is 229 g/mol. The third-order valence-electron chi connectivity index (χ3n) is 3.33. The molecule has 0 bridgehead atoms. The molecule has 0 aromatic carbocycles. The highest BCUT2D eigenvalue weighted by molar-refractivity contribution is 5.74. The lowest BCUT2D eigenvalue weighted by molar-refractivity contribution is -0.150. The molecule has 0 aromatic heterocycles. The van der Waals surface area contributed by atoms with E-state index in [9.17, 15) is 4.79 Å². The molecule has 1 heterocycles. The molecular weight excluding hydrogens is 206 g/mol. The second-order valence-electron chi connectivity index (χ2n) is 5.13. The van der Waals surface area contributed by atoms with E-state index in [1.165, 1.54) is 0 Å². The van der Waals surface area contributed by atoms with Crippen molar-refractivity contribution < 1.29 is 14.6 Å². The Hall–Kier alpha value is -0.610. The summed E-state index contributed by atoms with van der Waals surface area (Å²) in [4.78, 5) is 13.3. The summed E-state index contributed by atoms with van der Waals surface area (Å²) in [6.45, 7) is 9.27. The van der Waals surface area contributed by atoms with Crippen LogP contribution < -0.4 is 0 Å². The summed E-state index contributed by atoms with van der Waals surface area (Å²) in [5.74, 6) is -0.661. The molecule has 0 spiro atoms. The third-order valence-corrected chi connectivity index (χ3v) is 3.33. The molecule has 0 atom stereocenters. The Kier molecular flexibility index (Phi) is 4.74. The standard InChI is InChI=1S/C12H23NO3/c1-10(2)16-9-8-13-6-4-12(3,5-7-13)11(14)15/h10H,4-9H2,1-3H3,(H,14,15). The number of rotatable bonds is 5. The van der Waals surface area contributed by atoms with E-state index in [0.717, 1.165) is 39.1 Å². The Bertz CT molecular complexity index is 232. The number of likely N-dealkylation sites (tertiary alicyclic amines) is 1. The van der Waals surface area contributed by atoms with Crippen LogP contribution in [-0.4, -0.2) is 48.3 Å². The third kappa shape index (κ3) is 3.76. The van der Waals surface area contributed by atoms with E-state index in [0.29, 0.717) is 0 Å². The number of hydrogen-bond acceptors (Lipinski definition) is 3. The van der Waals surface area contributed by atoms with Gasteiger partial charge < -0.3 is 14.7 Å². The Morgan fingerprint density at radius 3 is 2.44 bits per heavy atom. The van der Waals surface area contributed by atoms with E-state index in [1.54, 1.807) is 0 Å². The van der Waals surface area contributed by atoms with Crippen molar-refractivity contribution in [3.05, 3.63) is 0 Å². The molecular formula is C12H23NO3. The van der Waals surface area contributed by atoms with Gasteiger partial charge in [-0.05, 0) is 46.7 Å². The van der Waals surface area contributed by atoms with Gasteiger partial charge in [0.15, 0.2) is 0 Å². The van der Waals surface area contributed by atoms with Crippen molar-refractivity contribution in [2.75, 3.05) is 26.2 Å². The molecule has 94 valence electrons. The summed E-state index contributed by atoms with van der Waals surface area (Å²) >= 11 is 0. The lowest BCUT2D eigenvalue weighted by atomic mass is 9.80. The van der Waals surface area contributed by atoms with Gasteiger partial charge in [-0.15, -0.1) is 0 Å². The van der Waals surface area contributed by atoms with Gasteiger partial charge in [-0.2, -0.15) is 0 Å². The summed E-state index contributed by atoms with van der Waals surface area (Å²) in [7, 11) is 0. The van der Waals surface area contributed by atoms with Gasteiger partial charge in [-0.25, -0.2) is 0 Å². The molecule has 0 aromatic rings. The number of ether oxygens (including phenoxy) is 1. The number of carboxylic acids is 1. The molecule has 4 heteroatoms. The minimum atomic E-state index is -0.661. The fourth-order valence-corrected chi connectivity index (χ4v) is 1.90. The number of carbonyl (C=O) groups is 1. The lowest BCUT2D eigenvalue weighted by Gasteiger charge is -2.36. The lowest BCUT2D eigenvalue weighted by Crippen LogP contribution is -2.43. The second-order valence-corrected chi connectivity index (χ2v) is 5.13. The van der Waals surface area contributed by atoms with Crippen molar-refractivity contribution in [3.8, 4) is 0 Å². The first kappa shape index (κ1) is 13.5. The number of aliphatic carboxylic acids is 1. The van der Waals surface area contributed by atoms with Crippen LogP contribution in [0, 0.1) is 5.41 Å². The van der Waals surface area contributed by atoms with Gasteiger partial charge in [0.25, 0.3) is 0 Å². The van der Waals surface area contributed by atoms with Gasteiger partial charge in [0.05, 0.1) is 18.1 Å². The Morgan fingerprint density at radius 2 is 2.00 bits per heavy atom. The van der Waals surface area contributed by atoms with Crippen LogP contribution in [-0.2, 0) is 9.53 Å². The van der Waals surface area contributed by atoms with Crippen LogP contribution in [0.5, 0.6) is 0 Å². The largest absolute Gasteiger partial charge is 0.481 e. The van der Waals surface area contributed by atoms with Crippen LogP contribution in [0.25, 0.3) is 0 Å². The minimum Gasteiger partial charge on any atom is -0.481 e. The number of carboxylic acid groups (broad SMARTS) is 1. The fourth-order valence-electron chi connectivity index (χ4n) is 1.90. The van der Waals surface area contributed by atoms with Crippen LogP contribution in [0.1, 0.15) is 33.6 Å². The van der Waals surface area contributed by atoms with Crippen LogP contribution in [0.3, 0.4) is 0 Å². The molecule has 1 fully saturated rings. The zero-order chi connectivity index (χ0) is 12.2. The van der Waals surface area contributed by atoms with Crippen LogP contribution >= 0.6 is 0 Å². The van der Waals surface area contributed by atoms with Crippen LogP contribution in [0.15, 0.2) is 0 Å². The topological polar surface area (TPSA) is 49.8 Å². The first-order valence-electron chi connectivity index (χ1n) is 6.01. The maximum atomic E-state index is 11.0. The molecule has 1 aliphatic heterocycles. The Morgan fingerprint density at radius 1 is 1.44 bits per heavy atom. The van der Waals surface area contributed by atoms with E-state index in [-0.39, 0.29) is 6.10 Å². The first-order chi connectivity index (χ1) is 7.44. The van der Waals surface area contributed by atoms with E-state index in [2.05, 4.69) is 4.90 Å². The monoisotopic (exact) mass is 229 g/mol. The van der Waals surface area contributed by atoms with Gasteiger partial charge in [0.2, 0.25) is 0 Å². The van der Waals surface area contributed by atoms with Crippen molar-refractivity contribution in [2.45, 2.75) is 39.7 Å². The van der Waals surface area contributed by atoms with Crippen molar-refractivity contribution in [3.63, 3.8) is 0 Å². The van der Waals surface area contributed by atoms with Crippen LogP contribution in [0.4, 0.5) is 0 Å². The van der Waals surface area contributed by atoms with Crippen molar-refractivity contribution in [1.82, 2.24) is 4.90 Å². The minimum absolute atomic E-state index is 0.272. The predicted octanol–water partition coefficient (Wildman–Crippen LogP) is 1.60. The van der Waals surface area contributed by atoms with Crippen molar-refractivity contribution in [2.24, 2.45) is 5.41 Å². The number of piperidine rings is 1. The zero-order valence-corrected chi connectivity index (χ0v) is 10.5. The molecule has 1 rings (SSSR count). The maximum absolute atomic E-state index is 11.0. The van der Waals surface area contributed by atoms with E-state index in [1.807, 2.05) is 20.8 Å². The average Bonchev–Trinajstić information content (AvgIpc) is 2.20. The van der Waals surface area contributed by atoms with Crippen LogP contribution in [0.2, 0.25) is 0 Å². The number of hydrogen-bond donors (Lipinski definition) is 1. The molecule has 0 amide bonds. The summed E-state index contributed by atoms with van der Waals surface area (Å²) in [6.07, 6.45) is 1.75. The smallest absolute Gasteiger partial charge is 0.309 e. The van der Waals surface area contributed by atoms with Gasteiger partial charge in [0.1, 0.15) is 0 Å². The van der Waals surface area contributed by atoms with E-state index < -0.39 is 11.4 Å². The van der Waals surface area contributed by atoms with E-state index in [4.69, 9.17) is 9.84 Å². The molecule has 1 saturated heterocycles. The Labute approximate surface area is 97.6 Å². The maximum Gasteiger partial charge on any atom is 0.309 e. The molecule has 0 aliphatic carbocycles. The highest BCUT2D eigenvalue weighted by atomic mass is 16.5. The predicted molar refractivity (Wildman–Crippen MR) is 62.5 cm³/mol. The van der Waals surface area contributed by atoms with Gasteiger partial charge in [0, 0.05) is 6.54 Å².